The van der Waals surface area contributed by atoms with E-state index in [2.05, 4.69) is 25.6 Å². The monoisotopic (exact) mass is 377 g/mol. The van der Waals surface area contributed by atoms with E-state index in [-0.39, 0.29) is 0 Å². The first-order valence-corrected chi connectivity index (χ1v) is 8.65. The van der Waals surface area contributed by atoms with Crippen LogP contribution in [0.1, 0.15) is 0 Å². The highest BCUT2D eigenvalue weighted by molar-refractivity contribution is 6.32. The van der Waals surface area contributed by atoms with Crippen LogP contribution in [0.3, 0.4) is 0 Å². The van der Waals surface area contributed by atoms with Crippen LogP contribution in [0.2, 0.25) is 5.02 Å². The first-order chi connectivity index (χ1) is 13.2. The Kier molecular flexibility index (Phi) is 4.72. The second-order valence-corrected chi connectivity index (χ2v) is 6.15. The number of para-hydroxylation sites is 1. The van der Waals surface area contributed by atoms with E-state index in [1.165, 1.54) is 0 Å². The van der Waals surface area contributed by atoms with Gasteiger partial charge in [0.25, 0.3) is 0 Å². The van der Waals surface area contributed by atoms with E-state index in [0.717, 1.165) is 22.3 Å². The molecule has 0 fully saturated rings. The van der Waals surface area contributed by atoms with Crippen LogP contribution in [0.4, 0.5) is 23.1 Å². The topological polar surface area (TPSA) is 72.0 Å². The van der Waals surface area contributed by atoms with Crippen LogP contribution >= 0.6 is 11.6 Å². The highest BCUT2D eigenvalue weighted by atomic mass is 35.5. The number of pyridine rings is 1. The lowest BCUT2D eigenvalue weighted by Gasteiger charge is -2.11. The summed E-state index contributed by atoms with van der Waals surface area (Å²) in [6, 6.07) is 17.1. The van der Waals surface area contributed by atoms with E-state index in [0.29, 0.717) is 22.5 Å². The Hall–Kier alpha value is -3.38. The molecule has 2 aromatic heterocycles. The first kappa shape index (κ1) is 17.1. The summed E-state index contributed by atoms with van der Waals surface area (Å²) in [6.07, 6.45) is 3.45. The molecule has 0 saturated heterocycles. The molecule has 2 aromatic carbocycles. The molecule has 0 aliphatic carbocycles. The molecule has 0 amide bonds. The van der Waals surface area contributed by atoms with E-state index in [9.17, 15) is 0 Å². The predicted molar refractivity (Wildman–Crippen MR) is 108 cm³/mol. The van der Waals surface area contributed by atoms with Gasteiger partial charge in [0.05, 0.1) is 23.3 Å². The highest BCUT2D eigenvalue weighted by Crippen LogP contribution is 2.29. The maximum Gasteiger partial charge on any atom is 0.229 e. The Labute approximate surface area is 161 Å². The average molecular weight is 378 g/mol. The van der Waals surface area contributed by atoms with Gasteiger partial charge in [-0.1, -0.05) is 29.8 Å². The molecule has 4 rings (SSSR count). The zero-order chi connectivity index (χ0) is 18.6. The minimum Gasteiger partial charge on any atom is -0.495 e. The SMILES string of the molecule is COc1ccc(Nc2ccnc(Nc3cccc4cccnc34)n2)cc1Cl. The summed E-state index contributed by atoms with van der Waals surface area (Å²) in [5, 5.41) is 8.02. The van der Waals surface area contributed by atoms with E-state index < -0.39 is 0 Å². The lowest BCUT2D eigenvalue weighted by Crippen LogP contribution is -2.01. The van der Waals surface area contributed by atoms with Crippen LogP contribution in [0.5, 0.6) is 5.75 Å². The lowest BCUT2D eigenvalue weighted by molar-refractivity contribution is 0.415. The second kappa shape index (κ2) is 7.47. The lowest BCUT2D eigenvalue weighted by atomic mass is 10.2. The molecule has 0 aliphatic rings. The van der Waals surface area contributed by atoms with Gasteiger partial charge in [-0.25, -0.2) is 4.98 Å². The van der Waals surface area contributed by atoms with Gasteiger partial charge in [-0.05, 0) is 36.4 Å². The first-order valence-electron chi connectivity index (χ1n) is 8.27. The smallest absolute Gasteiger partial charge is 0.229 e. The van der Waals surface area contributed by atoms with Crippen molar-refractivity contribution in [1.82, 2.24) is 15.0 Å². The van der Waals surface area contributed by atoms with Crippen molar-refractivity contribution in [3.05, 3.63) is 72.0 Å². The third-order valence-corrected chi connectivity index (χ3v) is 4.25. The van der Waals surface area contributed by atoms with Gasteiger partial charge >= 0.3 is 0 Å². The van der Waals surface area contributed by atoms with E-state index in [4.69, 9.17) is 16.3 Å². The molecule has 2 heterocycles. The van der Waals surface area contributed by atoms with Gasteiger partial charge in [-0.3, -0.25) is 4.98 Å². The molecule has 0 spiro atoms. The van der Waals surface area contributed by atoms with Crippen LogP contribution in [0.15, 0.2) is 67.0 Å². The van der Waals surface area contributed by atoms with Crippen molar-refractivity contribution >= 4 is 45.6 Å². The van der Waals surface area contributed by atoms with Crippen LogP contribution < -0.4 is 15.4 Å². The number of halogens is 1. The van der Waals surface area contributed by atoms with E-state index in [1.54, 1.807) is 37.7 Å². The number of aromatic nitrogens is 3. The quantitative estimate of drug-likeness (QED) is 0.499. The second-order valence-electron chi connectivity index (χ2n) is 5.75. The fourth-order valence-corrected chi connectivity index (χ4v) is 2.96. The molecule has 7 heteroatoms. The molecular formula is C20H16ClN5O. The fraction of sp³-hybridized carbons (Fsp3) is 0.0500. The summed E-state index contributed by atoms with van der Waals surface area (Å²) in [5.74, 6) is 1.73. The Morgan fingerprint density at radius 1 is 0.926 bits per heavy atom. The number of benzene rings is 2. The van der Waals surface area contributed by atoms with Gasteiger partial charge in [0.15, 0.2) is 0 Å². The van der Waals surface area contributed by atoms with Gasteiger partial charge in [0.2, 0.25) is 5.95 Å². The Morgan fingerprint density at radius 3 is 2.67 bits per heavy atom. The number of anilines is 4. The normalized spacial score (nSPS) is 10.6. The highest BCUT2D eigenvalue weighted by Gasteiger charge is 2.06. The molecule has 0 unspecified atom stereocenters. The van der Waals surface area contributed by atoms with Gasteiger partial charge in [0.1, 0.15) is 11.6 Å². The average Bonchev–Trinajstić information content (AvgIpc) is 2.69. The van der Waals surface area contributed by atoms with Crippen LogP contribution in [0.25, 0.3) is 10.9 Å². The molecule has 6 nitrogen and oxygen atoms in total. The summed E-state index contributed by atoms with van der Waals surface area (Å²) < 4.78 is 5.17. The van der Waals surface area contributed by atoms with E-state index >= 15 is 0 Å². The molecule has 0 saturated carbocycles. The summed E-state index contributed by atoms with van der Waals surface area (Å²) in [5.41, 5.74) is 2.51. The predicted octanol–water partition coefficient (Wildman–Crippen LogP) is 5.17. The molecule has 27 heavy (non-hydrogen) atoms. The van der Waals surface area contributed by atoms with Crippen molar-refractivity contribution in [3.8, 4) is 5.75 Å². The third-order valence-electron chi connectivity index (χ3n) is 3.96. The molecule has 0 atom stereocenters. The number of rotatable bonds is 5. The van der Waals surface area contributed by atoms with Crippen molar-refractivity contribution in [3.63, 3.8) is 0 Å². The van der Waals surface area contributed by atoms with Gasteiger partial charge in [0, 0.05) is 23.5 Å². The van der Waals surface area contributed by atoms with Crippen molar-refractivity contribution in [2.24, 2.45) is 0 Å². The minimum atomic E-state index is 0.470. The van der Waals surface area contributed by atoms with Gasteiger partial charge < -0.3 is 15.4 Å². The molecule has 134 valence electrons. The maximum absolute atomic E-state index is 6.17. The van der Waals surface area contributed by atoms with Crippen LogP contribution in [-0.4, -0.2) is 22.1 Å². The summed E-state index contributed by atoms with van der Waals surface area (Å²) in [6.45, 7) is 0. The van der Waals surface area contributed by atoms with Crippen molar-refractivity contribution in [1.29, 1.82) is 0 Å². The largest absolute Gasteiger partial charge is 0.495 e. The summed E-state index contributed by atoms with van der Waals surface area (Å²) in [4.78, 5) is 13.2. The van der Waals surface area contributed by atoms with Gasteiger partial charge in [-0.2, -0.15) is 4.98 Å². The summed E-state index contributed by atoms with van der Waals surface area (Å²) in [7, 11) is 1.58. The number of hydrogen-bond acceptors (Lipinski definition) is 6. The Bertz CT molecular complexity index is 1100. The van der Waals surface area contributed by atoms with Crippen molar-refractivity contribution in [2.75, 3.05) is 17.7 Å². The maximum atomic E-state index is 6.17. The zero-order valence-electron chi connectivity index (χ0n) is 14.5. The summed E-state index contributed by atoms with van der Waals surface area (Å²) >= 11 is 6.17. The molecule has 0 radical (unpaired) electrons. The van der Waals surface area contributed by atoms with Crippen LogP contribution in [0, 0.1) is 0 Å². The fourth-order valence-electron chi connectivity index (χ4n) is 2.71. The molecule has 0 aliphatic heterocycles. The third kappa shape index (κ3) is 3.75. The molecule has 0 bridgehead atoms. The van der Waals surface area contributed by atoms with Crippen molar-refractivity contribution in [2.45, 2.75) is 0 Å². The van der Waals surface area contributed by atoms with Gasteiger partial charge in [-0.15, -0.1) is 0 Å². The Morgan fingerprint density at radius 2 is 1.81 bits per heavy atom. The molecule has 2 N–H and O–H groups in total. The minimum absolute atomic E-state index is 0.470. The number of ether oxygens (including phenoxy) is 1. The number of nitrogens with zero attached hydrogens (tertiary/aromatic N) is 3. The van der Waals surface area contributed by atoms with Crippen molar-refractivity contribution < 1.29 is 4.74 Å². The van der Waals surface area contributed by atoms with Crippen LogP contribution in [-0.2, 0) is 0 Å². The standard InChI is InChI=1S/C20H16ClN5O/c1-27-17-8-7-14(12-15(17)21)24-18-9-11-23-20(26-18)25-16-6-2-4-13-5-3-10-22-19(13)16/h2-12H,1H3,(H2,23,24,25,26). The Balaban J connectivity index is 1.58. The number of nitrogens with one attached hydrogen (secondary N) is 2. The van der Waals surface area contributed by atoms with E-state index in [1.807, 2.05) is 36.4 Å². The number of hydrogen-bond donors (Lipinski definition) is 2. The number of methoxy groups -OCH3 is 1. The molecular weight excluding hydrogens is 362 g/mol. The zero-order valence-corrected chi connectivity index (χ0v) is 15.2. The number of fused-ring (bicyclic) bond motifs is 1. The molecule has 4 aromatic rings.